The highest BCUT2D eigenvalue weighted by molar-refractivity contribution is 9.10. The van der Waals surface area contributed by atoms with Crippen LogP contribution in [0.2, 0.25) is 5.02 Å². The fourth-order valence-electron chi connectivity index (χ4n) is 1.74. The first kappa shape index (κ1) is 10.3. The van der Waals surface area contributed by atoms with Gasteiger partial charge in [0.05, 0.1) is 5.69 Å². The molecular formula is C10H12BrClN2. The summed E-state index contributed by atoms with van der Waals surface area (Å²) in [4.78, 5) is 2.28. The van der Waals surface area contributed by atoms with E-state index >= 15 is 0 Å². The molecule has 1 fully saturated rings. The van der Waals surface area contributed by atoms with Gasteiger partial charge in [-0.2, -0.15) is 0 Å². The zero-order chi connectivity index (χ0) is 10.1. The van der Waals surface area contributed by atoms with E-state index in [0.717, 1.165) is 29.0 Å². The number of hydrogen-bond acceptors (Lipinski definition) is 2. The molecule has 1 aromatic carbocycles. The third-order valence-electron chi connectivity index (χ3n) is 2.48. The maximum atomic E-state index is 5.88. The first-order chi connectivity index (χ1) is 6.66. The van der Waals surface area contributed by atoms with E-state index in [1.54, 1.807) is 0 Å². The van der Waals surface area contributed by atoms with E-state index in [-0.39, 0.29) is 0 Å². The van der Waals surface area contributed by atoms with Gasteiger partial charge in [-0.3, -0.25) is 0 Å². The van der Waals surface area contributed by atoms with Crippen LogP contribution in [0.4, 0.5) is 5.69 Å². The molecule has 1 aliphatic heterocycles. The van der Waals surface area contributed by atoms with Gasteiger partial charge in [-0.05, 0) is 40.5 Å². The van der Waals surface area contributed by atoms with Crippen molar-refractivity contribution in [2.24, 2.45) is 5.73 Å². The largest absolute Gasteiger partial charge is 0.369 e. The molecule has 2 nitrogen and oxygen atoms in total. The summed E-state index contributed by atoms with van der Waals surface area (Å²) in [6, 6.07) is 6.16. The van der Waals surface area contributed by atoms with Crippen molar-refractivity contribution in [2.75, 3.05) is 18.0 Å². The minimum absolute atomic E-state index is 0.303. The second-order valence-corrected chi connectivity index (χ2v) is 4.88. The second kappa shape index (κ2) is 4.09. The van der Waals surface area contributed by atoms with Crippen molar-refractivity contribution in [1.29, 1.82) is 0 Å². The monoisotopic (exact) mass is 274 g/mol. The zero-order valence-electron chi connectivity index (χ0n) is 7.71. The molecule has 0 aromatic heterocycles. The summed E-state index contributed by atoms with van der Waals surface area (Å²) in [5.41, 5.74) is 7.04. The highest BCUT2D eigenvalue weighted by Gasteiger charge is 2.20. The van der Waals surface area contributed by atoms with Crippen molar-refractivity contribution < 1.29 is 0 Å². The number of benzene rings is 1. The molecule has 0 unspecified atom stereocenters. The van der Waals surface area contributed by atoms with Crippen LogP contribution in [0, 0.1) is 0 Å². The van der Waals surface area contributed by atoms with Gasteiger partial charge in [-0.25, -0.2) is 0 Å². The fraction of sp³-hybridized carbons (Fsp3) is 0.400. The molecule has 0 radical (unpaired) electrons. The smallest absolute Gasteiger partial charge is 0.0512 e. The quantitative estimate of drug-likeness (QED) is 0.854. The van der Waals surface area contributed by atoms with E-state index in [1.165, 1.54) is 5.69 Å². The number of halogens is 2. The van der Waals surface area contributed by atoms with Crippen molar-refractivity contribution >= 4 is 33.2 Å². The number of rotatable bonds is 1. The highest BCUT2D eigenvalue weighted by Crippen LogP contribution is 2.30. The Hall–Kier alpha value is -0.250. The Bertz CT molecular complexity index is 343. The lowest BCUT2D eigenvalue weighted by Crippen LogP contribution is -2.26. The van der Waals surface area contributed by atoms with Gasteiger partial charge in [0, 0.05) is 28.6 Å². The van der Waals surface area contributed by atoms with Crippen LogP contribution in [0.15, 0.2) is 22.7 Å². The van der Waals surface area contributed by atoms with Crippen molar-refractivity contribution in [1.82, 2.24) is 0 Å². The maximum Gasteiger partial charge on any atom is 0.0512 e. The first-order valence-electron chi connectivity index (χ1n) is 4.62. The number of anilines is 1. The van der Waals surface area contributed by atoms with Crippen LogP contribution in [0.5, 0.6) is 0 Å². The predicted octanol–water partition coefficient (Wildman–Crippen LogP) is 2.64. The van der Waals surface area contributed by atoms with Crippen LogP contribution in [-0.2, 0) is 0 Å². The van der Waals surface area contributed by atoms with Gasteiger partial charge in [-0.15, -0.1) is 0 Å². The summed E-state index contributed by atoms with van der Waals surface area (Å²) in [6.45, 7) is 1.96. The highest BCUT2D eigenvalue weighted by atomic mass is 79.9. The molecule has 0 spiro atoms. The predicted molar refractivity (Wildman–Crippen MR) is 64.0 cm³/mol. The summed E-state index contributed by atoms with van der Waals surface area (Å²) in [7, 11) is 0. The van der Waals surface area contributed by atoms with Crippen LogP contribution in [0.1, 0.15) is 6.42 Å². The minimum Gasteiger partial charge on any atom is -0.369 e. The molecule has 1 saturated heterocycles. The topological polar surface area (TPSA) is 29.3 Å². The molecule has 0 amide bonds. The minimum atomic E-state index is 0.303. The summed E-state index contributed by atoms with van der Waals surface area (Å²) >= 11 is 9.39. The Kier molecular flexibility index (Phi) is 3.00. The lowest BCUT2D eigenvalue weighted by Gasteiger charge is -2.19. The zero-order valence-corrected chi connectivity index (χ0v) is 10.1. The van der Waals surface area contributed by atoms with E-state index < -0.39 is 0 Å². The van der Waals surface area contributed by atoms with E-state index in [1.807, 2.05) is 18.2 Å². The Balaban J connectivity index is 2.24. The average Bonchev–Trinajstić information content (AvgIpc) is 2.51. The van der Waals surface area contributed by atoms with Gasteiger partial charge in [-0.1, -0.05) is 11.6 Å². The van der Waals surface area contributed by atoms with Crippen LogP contribution in [-0.4, -0.2) is 19.1 Å². The number of nitrogens with zero attached hydrogens (tertiary/aromatic N) is 1. The SMILES string of the molecule is N[C@H]1CCN(c2ccc(Cl)cc2Br)C1. The Morgan fingerprint density at radius 3 is 2.86 bits per heavy atom. The maximum absolute atomic E-state index is 5.88. The van der Waals surface area contributed by atoms with Crippen molar-refractivity contribution in [2.45, 2.75) is 12.5 Å². The van der Waals surface area contributed by atoms with E-state index in [9.17, 15) is 0 Å². The average molecular weight is 276 g/mol. The van der Waals surface area contributed by atoms with Gasteiger partial charge < -0.3 is 10.6 Å². The third-order valence-corrected chi connectivity index (χ3v) is 3.35. The van der Waals surface area contributed by atoms with Crippen LogP contribution in [0.3, 0.4) is 0 Å². The fourth-order valence-corrected chi connectivity index (χ4v) is 2.68. The molecule has 76 valence electrons. The molecule has 2 rings (SSSR count). The molecule has 1 heterocycles. The molecule has 14 heavy (non-hydrogen) atoms. The molecule has 1 atom stereocenters. The van der Waals surface area contributed by atoms with Crippen LogP contribution >= 0.6 is 27.5 Å². The summed E-state index contributed by atoms with van der Waals surface area (Å²) in [5, 5.41) is 0.754. The lowest BCUT2D eigenvalue weighted by atomic mass is 10.3. The molecule has 0 bridgehead atoms. The van der Waals surface area contributed by atoms with Crippen LogP contribution < -0.4 is 10.6 Å². The standard InChI is InChI=1S/C10H12BrClN2/c11-9-5-7(12)1-2-10(9)14-4-3-8(13)6-14/h1-2,5,8H,3-4,6,13H2/t8-/m0/s1. The third kappa shape index (κ3) is 2.05. The Morgan fingerprint density at radius 2 is 2.29 bits per heavy atom. The lowest BCUT2D eigenvalue weighted by molar-refractivity contribution is 0.752. The molecule has 1 aliphatic rings. The summed E-state index contributed by atoms with van der Waals surface area (Å²) in [6.07, 6.45) is 1.06. The normalized spacial score (nSPS) is 21.6. The van der Waals surface area contributed by atoms with Gasteiger partial charge in [0.1, 0.15) is 0 Å². The van der Waals surface area contributed by atoms with E-state index in [0.29, 0.717) is 6.04 Å². The molecule has 0 aliphatic carbocycles. The van der Waals surface area contributed by atoms with Crippen molar-refractivity contribution in [3.63, 3.8) is 0 Å². The number of nitrogens with two attached hydrogens (primary N) is 1. The summed E-state index contributed by atoms with van der Waals surface area (Å²) in [5.74, 6) is 0. The first-order valence-corrected chi connectivity index (χ1v) is 5.79. The second-order valence-electron chi connectivity index (χ2n) is 3.59. The van der Waals surface area contributed by atoms with Gasteiger partial charge >= 0.3 is 0 Å². The molecule has 1 aromatic rings. The van der Waals surface area contributed by atoms with Crippen molar-refractivity contribution in [3.8, 4) is 0 Å². The number of hydrogen-bond donors (Lipinski definition) is 1. The Labute approximate surface area is 97.2 Å². The molecule has 0 saturated carbocycles. The molecular weight excluding hydrogens is 263 g/mol. The molecule has 4 heteroatoms. The van der Waals surface area contributed by atoms with Gasteiger partial charge in [0.25, 0.3) is 0 Å². The molecule has 2 N–H and O–H groups in total. The van der Waals surface area contributed by atoms with Crippen molar-refractivity contribution in [3.05, 3.63) is 27.7 Å². The summed E-state index contributed by atoms with van der Waals surface area (Å²) < 4.78 is 1.04. The van der Waals surface area contributed by atoms with E-state index in [2.05, 4.69) is 20.8 Å². The Morgan fingerprint density at radius 1 is 1.50 bits per heavy atom. The van der Waals surface area contributed by atoms with Gasteiger partial charge in [0.2, 0.25) is 0 Å². The van der Waals surface area contributed by atoms with E-state index in [4.69, 9.17) is 17.3 Å². The van der Waals surface area contributed by atoms with Crippen LogP contribution in [0.25, 0.3) is 0 Å². The van der Waals surface area contributed by atoms with Gasteiger partial charge in [0.15, 0.2) is 0 Å².